The van der Waals surface area contributed by atoms with E-state index in [9.17, 15) is 8.78 Å². The molecular formula is C7H6F2N2O. The van der Waals surface area contributed by atoms with Crippen LogP contribution in [-0.4, -0.2) is 16.4 Å². The Balaban J connectivity index is 2.86. The largest absolute Gasteiger partial charge is 0.411 e. The zero-order valence-corrected chi connectivity index (χ0v) is 6.04. The zero-order chi connectivity index (χ0) is 8.97. The fourth-order valence-electron chi connectivity index (χ4n) is 0.720. The summed E-state index contributed by atoms with van der Waals surface area (Å²) in [5.41, 5.74) is 0.0502. The highest BCUT2D eigenvalue weighted by Gasteiger charge is 2.03. The van der Waals surface area contributed by atoms with Crippen LogP contribution in [0.1, 0.15) is 5.69 Å². The average molecular weight is 172 g/mol. The molecule has 1 rings (SSSR count). The van der Waals surface area contributed by atoms with Crippen molar-refractivity contribution in [2.24, 2.45) is 5.16 Å². The molecule has 1 heterocycles. The summed E-state index contributed by atoms with van der Waals surface area (Å²) in [7, 11) is 0. The van der Waals surface area contributed by atoms with Gasteiger partial charge < -0.3 is 5.21 Å². The van der Waals surface area contributed by atoms with Crippen LogP contribution in [0.2, 0.25) is 0 Å². The highest BCUT2D eigenvalue weighted by atomic mass is 19.1. The predicted molar refractivity (Wildman–Crippen MR) is 38.1 cm³/mol. The molecule has 0 spiro atoms. The highest BCUT2D eigenvalue weighted by molar-refractivity contribution is 5.59. The molecule has 0 aliphatic carbocycles. The molecule has 0 aliphatic rings. The van der Waals surface area contributed by atoms with Gasteiger partial charge in [-0.2, -0.15) is 0 Å². The van der Waals surface area contributed by atoms with Crippen molar-refractivity contribution in [3.05, 3.63) is 29.6 Å². The molecule has 1 aromatic rings. The minimum atomic E-state index is -0.741. The van der Waals surface area contributed by atoms with E-state index in [1.54, 1.807) is 0 Å². The first-order valence-electron chi connectivity index (χ1n) is 3.20. The summed E-state index contributed by atoms with van der Waals surface area (Å²) in [6.07, 6.45) is 2.02. The van der Waals surface area contributed by atoms with Gasteiger partial charge in [-0.15, -0.1) is 5.16 Å². The maximum atomic E-state index is 12.7. The molecule has 0 aromatic carbocycles. The van der Waals surface area contributed by atoms with Crippen LogP contribution in [0, 0.1) is 11.6 Å². The Bertz CT molecular complexity index is 301. The third kappa shape index (κ3) is 1.98. The molecule has 0 amide bonds. The standard InChI is InChI=1S/C7H6F2N2O/c8-5-3-6(9)7(10-4-5)1-2-11-12/h2-4,12H,1H2/b11-2-. The first-order chi connectivity index (χ1) is 5.74. The van der Waals surface area contributed by atoms with Crippen LogP contribution in [0.4, 0.5) is 8.78 Å². The summed E-state index contributed by atoms with van der Waals surface area (Å²) < 4.78 is 25.0. The van der Waals surface area contributed by atoms with Crippen molar-refractivity contribution in [1.29, 1.82) is 0 Å². The van der Waals surface area contributed by atoms with Crippen molar-refractivity contribution in [1.82, 2.24) is 4.98 Å². The lowest BCUT2D eigenvalue weighted by Crippen LogP contribution is -1.96. The normalized spacial score (nSPS) is 10.8. The van der Waals surface area contributed by atoms with Crippen LogP contribution in [0.5, 0.6) is 0 Å². The molecule has 1 aromatic heterocycles. The van der Waals surface area contributed by atoms with Gasteiger partial charge in [-0.1, -0.05) is 0 Å². The van der Waals surface area contributed by atoms with Crippen molar-refractivity contribution in [2.75, 3.05) is 0 Å². The molecule has 3 nitrogen and oxygen atoms in total. The number of oxime groups is 1. The highest BCUT2D eigenvalue weighted by Crippen LogP contribution is 2.05. The Morgan fingerprint density at radius 2 is 2.33 bits per heavy atom. The molecule has 0 fully saturated rings. The third-order valence-electron chi connectivity index (χ3n) is 1.25. The molecule has 0 atom stereocenters. The monoisotopic (exact) mass is 172 g/mol. The number of hydrogen-bond donors (Lipinski definition) is 1. The lowest BCUT2D eigenvalue weighted by Gasteiger charge is -1.96. The van der Waals surface area contributed by atoms with Crippen molar-refractivity contribution >= 4 is 6.21 Å². The van der Waals surface area contributed by atoms with Crippen LogP contribution in [0.25, 0.3) is 0 Å². The average Bonchev–Trinajstić information content (AvgIpc) is 2.03. The number of hydrogen-bond acceptors (Lipinski definition) is 3. The number of halogens is 2. The van der Waals surface area contributed by atoms with Crippen LogP contribution in [0.15, 0.2) is 17.4 Å². The van der Waals surface area contributed by atoms with E-state index in [1.165, 1.54) is 0 Å². The summed E-state index contributed by atoms with van der Waals surface area (Å²) in [6, 6.07) is 0.730. The summed E-state index contributed by atoms with van der Waals surface area (Å²) >= 11 is 0. The topological polar surface area (TPSA) is 45.5 Å². The molecule has 1 N–H and O–H groups in total. The van der Waals surface area contributed by atoms with Crippen molar-refractivity contribution < 1.29 is 14.0 Å². The minimum absolute atomic E-state index is 0.0443. The molecule has 0 saturated heterocycles. The molecular weight excluding hydrogens is 166 g/mol. The molecule has 0 saturated carbocycles. The van der Waals surface area contributed by atoms with E-state index in [0.717, 1.165) is 18.5 Å². The van der Waals surface area contributed by atoms with Gasteiger partial charge in [0, 0.05) is 18.7 Å². The summed E-state index contributed by atoms with van der Waals surface area (Å²) in [6.45, 7) is 0. The smallest absolute Gasteiger partial charge is 0.147 e. The van der Waals surface area contributed by atoms with Gasteiger partial charge >= 0.3 is 0 Å². The fourth-order valence-corrected chi connectivity index (χ4v) is 0.720. The van der Waals surface area contributed by atoms with E-state index in [2.05, 4.69) is 10.1 Å². The van der Waals surface area contributed by atoms with Crippen LogP contribution < -0.4 is 0 Å². The number of nitrogens with zero attached hydrogens (tertiary/aromatic N) is 2. The number of rotatable bonds is 2. The first-order valence-corrected chi connectivity index (χ1v) is 3.20. The van der Waals surface area contributed by atoms with E-state index < -0.39 is 11.6 Å². The quantitative estimate of drug-likeness (QED) is 0.416. The van der Waals surface area contributed by atoms with Crippen molar-refractivity contribution in [2.45, 2.75) is 6.42 Å². The minimum Gasteiger partial charge on any atom is -0.411 e. The predicted octanol–water partition coefficient (Wildman–Crippen LogP) is 1.36. The summed E-state index contributed by atoms with van der Waals surface area (Å²) in [5.74, 6) is -1.47. The molecule has 12 heavy (non-hydrogen) atoms. The third-order valence-corrected chi connectivity index (χ3v) is 1.25. The number of aromatic nitrogens is 1. The van der Waals surface area contributed by atoms with Gasteiger partial charge in [-0.3, -0.25) is 4.98 Å². The van der Waals surface area contributed by atoms with Crippen LogP contribution in [-0.2, 0) is 6.42 Å². The molecule has 5 heteroatoms. The lowest BCUT2D eigenvalue weighted by atomic mass is 10.3. The van der Waals surface area contributed by atoms with Gasteiger partial charge in [-0.25, -0.2) is 8.78 Å². The van der Waals surface area contributed by atoms with E-state index in [1.807, 2.05) is 0 Å². The second-order valence-corrected chi connectivity index (χ2v) is 2.08. The Morgan fingerprint density at radius 3 is 2.92 bits per heavy atom. The molecule has 0 bridgehead atoms. The second kappa shape index (κ2) is 3.75. The van der Waals surface area contributed by atoms with E-state index >= 15 is 0 Å². The molecule has 64 valence electrons. The van der Waals surface area contributed by atoms with Gasteiger partial charge in [0.2, 0.25) is 0 Å². The van der Waals surface area contributed by atoms with Crippen LogP contribution in [0.3, 0.4) is 0 Å². The maximum absolute atomic E-state index is 12.7. The molecule has 0 radical (unpaired) electrons. The molecule has 0 unspecified atom stereocenters. The van der Waals surface area contributed by atoms with Gasteiger partial charge in [-0.05, 0) is 0 Å². The summed E-state index contributed by atoms with van der Waals surface area (Å²) in [5, 5.41) is 10.7. The Hall–Kier alpha value is -1.52. The van der Waals surface area contributed by atoms with Crippen molar-refractivity contribution in [3.63, 3.8) is 0 Å². The first kappa shape index (κ1) is 8.58. The van der Waals surface area contributed by atoms with E-state index in [-0.39, 0.29) is 12.1 Å². The Labute approximate surface area is 67.4 Å². The second-order valence-electron chi connectivity index (χ2n) is 2.08. The van der Waals surface area contributed by atoms with Gasteiger partial charge in [0.25, 0.3) is 0 Å². The SMILES string of the molecule is O/N=C\Cc1ncc(F)cc1F. The van der Waals surface area contributed by atoms with Gasteiger partial charge in [0.05, 0.1) is 11.9 Å². The Kier molecular flexibility index (Phi) is 2.68. The Morgan fingerprint density at radius 1 is 1.58 bits per heavy atom. The lowest BCUT2D eigenvalue weighted by molar-refractivity contribution is 0.320. The van der Waals surface area contributed by atoms with Gasteiger partial charge in [0.15, 0.2) is 0 Å². The van der Waals surface area contributed by atoms with Gasteiger partial charge in [0.1, 0.15) is 11.6 Å². The summed E-state index contributed by atoms with van der Waals surface area (Å²) in [4.78, 5) is 3.46. The fraction of sp³-hybridized carbons (Fsp3) is 0.143. The maximum Gasteiger partial charge on any atom is 0.147 e. The van der Waals surface area contributed by atoms with E-state index in [4.69, 9.17) is 5.21 Å². The number of pyridine rings is 1. The zero-order valence-electron chi connectivity index (χ0n) is 6.04. The van der Waals surface area contributed by atoms with Crippen LogP contribution >= 0.6 is 0 Å². The molecule has 0 aliphatic heterocycles. The van der Waals surface area contributed by atoms with Crippen molar-refractivity contribution in [3.8, 4) is 0 Å². The van der Waals surface area contributed by atoms with E-state index in [0.29, 0.717) is 0 Å².